The highest BCUT2D eigenvalue weighted by Gasteiger charge is 2.52. The molecule has 3 rings (SSSR count). The predicted octanol–water partition coefficient (Wildman–Crippen LogP) is 1.96. The Morgan fingerprint density at radius 2 is 1.92 bits per heavy atom. The molecule has 2 heterocycles. The predicted molar refractivity (Wildman–Crippen MR) is 103 cm³/mol. The molecule has 0 saturated carbocycles. The summed E-state index contributed by atoms with van der Waals surface area (Å²) in [4.78, 5) is 0. The molecule has 1 aromatic carbocycles. The maximum atomic E-state index is 6.08. The van der Waals surface area contributed by atoms with E-state index in [1.165, 1.54) is 0 Å². The molecule has 0 atom stereocenters. The second-order valence-electron chi connectivity index (χ2n) is 7.70. The summed E-state index contributed by atoms with van der Waals surface area (Å²) in [5.41, 5.74) is 6.85. The molecule has 0 aliphatic carbocycles. The van der Waals surface area contributed by atoms with Crippen LogP contribution in [0.5, 0.6) is 5.75 Å². The van der Waals surface area contributed by atoms with Crippen LogP contribution in [0.2, 0.25) is 0 Å². The van der Waals surface area contributed by atoms with Gasteiger partial charge in [0.05, 0.1) is 24.4 Å². The topological polar surface area (TPSA) is 71.5 Å². The van der Waals surface area contributed by atoms with Crippen molar-refractivity contribution in [3.8, 4) is 5.75 Å². The average molecular weight is 357 g/mol. The minimum absolute atomic E-state index is 0.352. The Morgan fingerprint density at radius 1 is 1.19 bits per heavy atom. The van der Waals surface area contributed by atoms with Crippen LogP contribution in [0.25, 0.3) is 0 Å². The van der Waals surface area contributed by atoms with Gasteiger partial charge in [-0.05, 0) is 58.4 Å². The Labute approximate surface area is 155 Å². The third kappa shape index (κ3) is 4.11. The van der Waals surface area contributed by atoms with Crippen molar-refractivity contribution in [3.63, 3.8) is 0 Å². The molecular weight excluding hydrogens is 329 g/mol. The number of aromatic nitrogens is 2. The van der Waals surface area contributed by atoms with Crippen LogP contribution in [-0.2, 0) is 15.9 Å². The van der Waals surface area contributed by atoms with Crippen molar-refractivity contribution in [1.82, 2.24) is 9.78 Å². The smallest absolute Gasteiger partial charge is 0.494 e. The van der Waals surface area contributed by atoms with Gasteiger partial charge in [-0.15, -0.1) is 0 Å². The molecular formula is C19H28BN3O3. The first-order valence-corrected chi connectivity index (χ1v) is 9.10. The van der Waals surface area contributed by atoms with E-state index in [0.29, 0.717) is 19.7 Å². The first-order valence-electron chi connectivity index (χ1n) is 9.10. The second kappa shape index (κ2) is 7.43. The zero-order valence-electron chi connectivity index (χ0n) is 16.1. The maximum Gasteiger partial charge on any atom is 0.498 e. The van der Waals surface area contributed by atoms with Gasteiger partial charge in [0.2, 0.25) is 0 Å². The van der Waals surface area contributed by atoms with Gasteiger partial charge < -0.3 is 19.8 Å². The van der Waals surface area contributed by atoms with Crippen molar-refractivity contribution >= 4 is 12.6 Å². The molecule has 0 bridgehead atoms. The van der Waals surface area contributed by atoms with E-state index in [1.807, 2.05) is 63.0 Å². The fourth-order valence-corrected chi connectivity index (χ4v) is 2.76. The van der Waals surface area contributed by atoms with E-state index in [2.05, 4.69) is 11.2 Å². The zero-order valence-corrected chi connectivity index (χ0v) is 16.1. The summed E-state index contributed by atoms with van der Waals surface area (Å²) in [5.74, 6) is 0.856. The molecule has 6 nitrogen and oxygen atoms in total. The maximum absolute atomic E-state index is 6.08. The van der Waals surface area contributed by atoms with Crippen LogP contribution in [0.1, 0.15) is 39.7 Å². The van der Waals surface area contributed by atoms with E-state index in [9.17, 15) is 0 Å². The van der Waals surface area contributed by atoms with Crippen LogP contribution >= 0.6 is 0 Å². The Morgan fingerprint density at radius 3 is 2.62 bits per heavy atom. The van der Waals surface area contributed by atoms with E-state index in [1.54, 1.807) is 0 Å². The summed E-state index contributed by atoms with van der Waals surface area (Å²) < 4.78 is 19.8. The normalized spacial score (nSPS) is 18.3. The molecule has 1 aromatic heterocycles. The van der Waals surface area contributed by atoms with E-state index in [4.69, 9.17) is 19.8 Å². The van der Waals surface area contributed by atoms with Gasteiger partial charge in [0.1, 0.15) is 5.75 Å². The highest BCUT2D eigenvalue weighted by molar-refractivity contribution is 6.61. The first-order chi connectivity index (χ1) is 12.3. The van der Waals surface area contributed by atoms with Crippen LogP contribution in [-0.4, -0.2) is 41.3 Å². The van der Waals surface area contributed by atoms with Gasteiger partial charge in [0.15, 0.2) is 0 Å². The van der Waals surface area contributed by atoms with Gasteiger partial charge in [-0.1, -0.05) is 12.1 Å². The summed E-state index contributed by atoms with van der Waals surface area (Å²) in [5, 5.41) is 4.46. The molecule has 2 aromatic rings. The van der Waals surface area contributed by atoms with E-state index in [-0.39, 0.29) is 18.3 Å². The molecule has 0 unspecified atom stereocenters. The van der Waals surface area contributed by atoms with Crippen LogP contribution < -0.4 is 15.9 Å². The van der Waals surface area contributed by atoms with Crippen molar-refractivity contribution in [2.75, 3.05) is 13.2 Å². The molecule has 140 valence electrons. The van der Waals surface area contributed by atoms with E-state index < -0.39 is 0 Å². The molecule has 0 spiro atoms. The van der Waals surface area contributed by atoms with Crippen molar-refractivity contribution in [1.29, 1.82) is 0 Å². The van der Waals surface area contributed by atoms with Crippen molar-refractivity contribution in [2.45, 2.75) is 51.9 Å². The van der Waals surface area contributed by atoms with Gasteiger partial charge in [0, 0.05) is 17.9 Å². The summed E-state index contributed by atoms with van der Waals surface area (Å²) in [6.45, 7) is 10.1. The van der Waals surface area contributed by atoms with Crippen LogP contribution in [0.3, 0.4) is 0 Å². The number of nitrogens with two attached hydrogens (primary N) is 1. The third-order valence-electron chi connectivity index (χ3n) is 5.04. The second-order valence-corrected chi connectivity index (χ2v) is 7.70. The van der Waals surface area contributed by atoms with Crippen LogP contribution in [0, 0.1) is 0 Å². The minimum Gasteiger partial charge on any atom is -0.494 e. The molecule has 26 heavy (non-hydrogen) atoms. The monoisotopic (exact) mass is 357 g/mol. The molecule has 1 fully saturated rings. The van der Waals surface area contributed by atoms with Gasteiger partial charge in [-0.3, -0.25) is 4.68 Å². The highest BCUT2D eigenvalue weighted by atomic mass is 16.7. The lowest BCUT2D eigenvalue weighted by Gasteiger charge is -2.32. The largest absolute Gasteiger partial charge is 0.498 e. The quantitative estimate of drug-likeness (QED) is 0.606. The molecule has 1 aliphatic heterocycles. The third-order valence-corrected chi connectivity index (χ3v) is 5.04. The van der Waals surface area contributed by atoms with E-state index in [0.717, 1.165) is 23.2 Å². The molecule has 1 saturated heterocycles. The van der Waals surface area contributed by atoms with Crippen molar-refractivity contribution < 1.29 is 14.0 Å². The SMILES string of the molecule is CC1(C)OB(c2cnn(Cc3cccc(OCCCN)c3)c2)OC1(C)C. The lowest BCUT2D eigenvalue weighted by molar-refractivity contribution is 0.00578. The Hall–Kier alpha value is -1.83. The fourth-order valence-electron chi connectivity index (χ4n) is 2.76. The standard InChI is InChI=1S/C19H28BN3O3/c1-18(2)19(3,4)26-20(25-18)16-12-22-23(14-16)13-15-7-5-8-17(11-15)24-10-6-9-21/h5,7-8,11-12,14H,6,9-10,13,21H2,1-4H3. The lowest BCUT2D eigenvalue weighted by Crippen LogP contribution is -2.41. The molecule has 2 N–H and O–H groups in total. The molecule has 0 amide bonds. The van der Waals surface area contributed by atoms with Gasteiger partial charge in [-0.25, -0.2) is 0 Å². The minimum atomic E-state index is -0.389. The van der Waals surface area contributed by atoms with Gasteiger partial charge in [-0.2, -0.15) is 5.10 Å². The Kier molecular flexibility index (Phi) is 5.41. The van der Waals surface area contributed by atoms with Crippen LogP contribution in [0.4, 0.5) is 0 Å². The number of benzene rings is 1. The van der Waals surface area contributed by atoms with Crippen molar-refractivity contribution in [3.05, 3.63) is 42.2 Å². The number of hydrogen-bond acceptors (Lipinski definition) is 5. The van der Waals surface area contributed by atoms with Gasteiger partial charge >= 0.3 is 7.12 Å². The summed E-state index contributed by atoms with van der Waals surface area (Å²) in [6, 6.07) is 8.04. The Balaban J connectivity index is 1.65. The zero-order chi connectivity index (χ0) is 18.8. The average Bonchev–Trinajstić information content (AvgIpc) is 3.10. The lowest BCUT2D eigenvalue weighted by atomic mass is 9.82. The number of nitrogens with zero attached hydrogens (tertiary/aromatic N) is 2. The summed E-state index contributed by atoms with van der Waals surface area (Å²) >= 11 is 0. The first kappa shape index (κ1) is 19.0. The van der Waals surface area contributed by atoms with Crippen molar-refractivity contribution in [2.24, 2.45) is 5.73 Å². The number of rotatable bonds is 7. The number of hydrogen-bond donors (Lipinski definition) is 1. The number of ether oxygens (including phenoxy) is 1. The summed E-state index contributed by atoms with van der Waals surface area (Å²) in [7, 11) is -0.389. The van der Waals surface area contributed by atoms with Gasteiger partial charge in [0.25, 0.3) is 0 Å². The van der Waals surface area contributed by atoms with E-state index >= 15 is 0 Å². The molecule has 1 aliphatic rings. The molecule has 0 radical (unpaired) electrons. The Bertz CT molecular complexity index is 729. The highest BCUT2D eigenvalue weighted by Crippen LogP contribution is 2.36. The fraction of sp³-hybridized carbons (Fsp3) is 0.526. The summed E-state index contributed by atoms with van der Waals surface area (Å²) in [6.07, 6.45) is 4.63. The molecule has 7 heteroatoms. The van der Waals surface area contributed by atoms with Crippen LogP contribution in [0.15, 0.2) is 36.7 Å².